The lowest BCUT2D eigenvalue weighted by molar-refractivity contribution is 0.0486. The average Bonchev–Trinajstić information content (AvgIpc) is 2.55. The molecule has 10 heteroatoms. The smallest absolute Gasteiger partial charge is 0.411 e. The first-order chi connectivity index (χ1) is 11.4. The van der Waals surface area contributed by atoms with E-state index in [1.54, 1.807) is 44.2 Å². The van der Waals surface area contributed by atoms with Gasteiger partial charge in [0.15, 0.2) is 0 Å². The Hall–Kier alpha value is -0.590. The molecule has 1 N–H and O–H groups in total. The zero-order valence-corrected chi connectivity index (χ0v) is 16.2. The number of hydrogen-bond acceptors (Lipinski definition) is 7. The molecule has 7 nitrogen and oxygen atoms in total. The fourth-order valence-electron chi connectivity index (χ4n) is 1.65. The molecule has 0 aromatic heterocycles. The summed E-state index contributed by atoms with van der Waals surface area (Å²) in [5, 5.41) is 0. The molecular weight excluding hydrogens is 374 g/mol. The molecule has 0 saturated heterocycles. The maximum atomic E-state index is 12.4. The zero-order chi connectivity index (χ0) is 18.1. The topological polar surface area (TPSA) is 91.3 Å². The van der Waals surface area contributed by atoms with Gasteiger partial charge in [-0.15, -0.1) is 0 Å². The average molecular weight is 396 g/mol. The number of carbonyl (C=O) groups is 1. The van der Waals surface area contributed by atoms with Crippen molar-refractivity contribution in [1.29, 1.82) is 0 Å². The standard InChI is InChI=1S/C14H22O7P2S/c1-3-19-22(16,20-4-2)23(17,24)21-12-8-11-18-14(15)13-9-6-5-7-10-13/h5-7,9-10H,3-4,8,11-12H2,1-2H3,(H,17,24). The van der Waals surface area contributed by atoms with Gasteiger partial charge >= 0.3 is 19.4 Å². The Kier molecular flexibility index (Phi) is 9.31. The molecular formula is C14H22O7P2S. The van der Waals surface area contributed by atoms with Crippen molar-refractivity contribution in [3.63, 3.8) is 0 Å². The number of esters is 1. The van der Waals surface area contributed by atoms with Gasteiger partial charge in [-0.2, -0.15) is 0 Å². The van der Waals surface area contributed by atoms with Gasteiger partial charge in [0, 0.05) is 6.42 Å². The molecule has 24 heavy (non-hydrogen) atoms. The second kappa shape index (κ2) is 10.4. The van der Waals surface area contributed by atoms with Crippen LogP contribution < -0.4 is 0 Å². The van der Waals surface area contributed by atoms with E-state index in [2.05, 4.69) is 0 Å². The first-order valence-electron chi connectivity index (χ1n) is 7.45. The summed E-state index contributed by atoms with van der Waals surface area (Å²) in [5.74, 6) is -0.451. The number of carbonyl (C=O) groups excluding carboxylic acids is 1. The molecule has 0 amide bonds. The SMILES string of the molecule is CCOP(=O)(OCC)P(O)(=S)OCCCOC(=O)c1ccccc1. The van der Waals surface area contributed by atoms with E-state index in [-0.39, 0.29) is 32.8 Å². The van der Waals surface area contributed by atoms with E-state index < -0.39 is 19.4 Å². The van der Waals surface area contributed by atoms with Gasteiger partial charge in [-0.25, -0.2) is 9.36 Å². The summed E-state index contributed by atoms with van der Waals surface area (Å²) in [6.45, 7) is 3.44. The van der Waals surface area contributed by atoms with E-state index in [1.165, 1.54) is 0 Å². The van der Waals surface area contributed by atoms with Crippen LogP contribution in [-0.2, 0) is 34.7 Å². The van der Waals surface area contributed by atoms with Crippen LogP contribution in [0.2, 0.25) is 0 Å². The van der Waals surface area contributed by atoms with Crippen molar-refractivity contribution in [3.05, 3.63) is 35.9 Å². The molecule has 1 unspecified atom stereocenters. The number of ether oxygens (including phenoxy) is 1. The third kappa shape index (κ3) is 6.37. The first kappa shape index (κ1) is 21.5. The molecule has 0 spiro atoms. The van der Waals surface area contributed by atoms with Crippen LogP contribution in [0.1, 0.15) is 30.6 Å². The zero-order valence-electron chi connectivity index (χ0n) is 13.6. The quantitative estimate of drug-likeness (QED) is 0.344. The van der Waals surface area contributed by atoms with Crippen molar-refractivity contribution in [3.8, 4) is 0 Å². The summed E-state index contributed by atoms with van der Waals surface area (Å²) in [6.07, 6.45) is -3.48. The Morgan fingerprint density at radius 1 is 1.08 bits per heavy atom. The first-order valence-corrected chi connectivity index (χ1v) is 12.4. The third-order valence-corrected chi connectivity index (χ3v) is 10.0. The van der Waals surface area contributed by atoms with Gasteiger partial charge in [-0.05, 0) is 37.8 Å². The third-order valence-electron chi connectivity index (χ3n) is 2.68. The monoisotopic (exact) mass is 396 g/mol. The van der Waals surface area contributed by atoms with Gasteiger partial charge in [0.05, 0.1) is 32.0 Å². The Morgan fingerprint density at radius 2 is 1.67 bits per heavy atom. The summed E-state index contributed by atoms with van der Waals surface area (Å²) in [6, 6.07) is 8.56. The minimum Gasteiger partial charge on any atom is -0.462 e. The Morgan fingerprint density at radius 3 is 2.21 bits per heavy atom. The molecule has 0 fully saturated rings. The highest BCUT2D eigenvalue weighted by Crippen LogP contribution is 2.81. The van der Waals surface area contributed by atoms with Gasteiger partial charge in [-0.1, -0.05) is 18.2 Å². The van der Waals surface area contributed by atoms with E-state index in [0.717, 1.165) is 0 Å². The van der Waals surface area contributed by atoms with Crippen molar-refractivity contribution >= 4 is 31.2 Å². The lowest BCUT2D eigenvalue weighted by atomic mass is 10.2. The minimum absolute atomic E-state index is 0.0278. The van der Waals surface area contributed by atoms with Crippen molar-refractivity contribution in [1.82, 2.24) is 0 Å². The fourth-order valence-corrected chi connectivity index (χ4v) is 6.48. The molecule has 0 aliphatic carbocycles. The molecule has 0 radical (unpaired) electrons. The fraction of sp³-hybridized carbons (Fsp3) is 0.500. The van der Waals surface area contributed by atoms with Crippen LogP contribution in [0, 0.1) is 0 Å². The molecule has 1 atom stereocenters. The normalized spacial score (nSPS) is 14.1. The molecule has 0 saturated carbocycles. The molecule has 0 aliphatic heterocycles. The summed E-state index contributed by atoms with van der Waals surface area (Å²) in [4.78, 5) is 21.9. The number of benzene rings is 1. The highest BCUT2D eigenvalue weighted by Gasteiger charge is 2.42. The lowest BCUT2D eigenvalue weighted by Gasteiger charge is -2.24. The van der Waals surface area contributed by atoms with E-state index >= 15 is 0 Å². The molecule has 0 aliphatic rings. The van der Waals surface area contributed by atoms with Crippen molar-refractivity contribution in [2.24, 2.45) is 0 Å². The van der Waals surface area contributed by atoms with Crippen molar-refractivity contribution in [2.45, 2.75) is 20.3 Å². The summed E-state index contributed by atoms with van der Waals surface area (Å²) < 4.78 is 32.7. The van der Waals surface area contributed by atoms with Crippen molar-refractivity contribution in [2.75, 3.05) is 26.4 Å². The second-order valence-electron chi connectivity index (χ2n) is 4.48. The van der Waals surface area contributed by atoms with E-state index in [0.29, 0.717) is 5.56 Å². The van der Waals surface area contributed by atoms with Crippen LogP contribution in [0.3, 0.4) is 0 Å². The molecule has 0 heterocycles. The van der Waals surface area contributed by atoms with E-state index in [9.17, 15) is 14.3 Å². The predicted molar refractivity (Wildman–Crippen MR) is 94.7 cm³/mol. The van der Waals surface area contributed by atoms with Crippen LogP contribution >= 0.6 is 13.5 Å². The van der Waals surface area contributed by atoms with Gasteiger partial charge in [0.25, 0.3) is 0 Å². The Balaban J connectivity index is 2.41. The highest BCUT2D eigenvalue weighted by atomic mass is 32.6. The van der Waals surface area contributed by atoms with Crippen LogP contribution in [0.25, 0.3) is 0 Å². The summed E-state index contributed by atoms with van der Waals surface area (Å²) in [5.41, 5.74) is 0.447. The minimum atomic E-state index is -3.89. The van der Waals surface area contributed by atoms with Gasteiger partial charge < -0.3 is 23.2 Å². The highest BCUT2D eigenvalue weighted by molar-refractivity contribution is 8.47. The molecule has 136 valence electrons. The van der Waals surface area contributed by atoms with E-state index in [1.807, 2.05) is 0 Å². The van der Waals surface area contributed by atoms with Crippen LogP contribution in [0.4, 0.5) is 0 Å². The van der Waals surface area contributed by atoms with Crippen molar-refractivity contribution < 1.29 is 32.6 Å². The molecule has 1 aromatic carbocycles. The molecule has 1 rings (SSSR count). The Labute approximate surface area is 146 Å². The largest absolute Gasteiger partial charge is 0.462 e. The van der Waals surface area contributed by atoms with Gasteiger partial charge in [0.2, 0.25) is 0 Å². The predicted octanol–water partition coefficient (Wildman–Crippen LogP) is 3.73. The maximum Gasteiger partial charge on any atom is 0.411 e. The lowest BCUT2D eigenvalue weighted by Crippen LogP contribution is -2.08. The maximum absolute atomic E-state index is 12.4. The van der Waals surface area contributed by atoms with Crippen LogP contribution in [0.5, 0.6) is 0 Å². The number of hydrogen-bond donors (Lipinski definition) is 1. The van der Waals surface area contributed by atoms with Gasteiger partial charge in [-0.3, -0.25) is 0 Å². The number of rotatable bonds is 11. The molecule has 0 bridgehead atoms. The van der Waals surface area contributed by atoms with Crippen LogP contribution in [0.15, 0.2) is 30.3 Å². The van der Waals surface area contributed by atoms with E-state index in [4.69, 9.17) is 30.1 Å². The van der Waals surface area contributed by atoms with Crippen LogP contribution in [-0.4, -0.2) is 37.3 Å². The Bertz CT molecular complexity index is 598. The van der Waals surface area contributed by atoms with Gasteiger partial charge in [0.1, 0.15) is 0 Å². The summed E-state index contributed by atoms with van der Waals surface area (Å²) in [7, 11) is -3.89. The molecule has 1 aromatic rings. The summed E-state index contributed by atoms with van der Waals surface area (Å²) >= 11 is 4.91. The second-order valence-corrected chi connectivity index (χ2v) is 12.6.